The molecule has 6 nitrogen and oxygen atoms in total. The normalized spacial score (nSPS) is 11.8. The summed E-state index contributed by atoms with van der Waals surface area (Å²) in [6, 6.07) is 11.4. The number of ether oxygens (including phenoxy) is 4. The molecule has 4 aromatic rings. The Morgan fingerprint density at radius 2 is 0.586 bits per heavy atom. The molecule has 5 rings (SSSR count). The molecule has 4 aromatic carbocycles. The van der Waals surface area contributed by atoms with Crippen LogP contribution in [-0.2, 0) is 0 Å². The van der Waals surface area contributed by atoms with Gasteiger partial charge in [0.1, 0.15) is 34.5 Å². The highest BCUT2D eigenvalue weighted by Crippen LogP contribution is 2.50. The van der Waals surface area contributed by atoms with E-state index in [0.717, 1.165) is 94.5 Å². The number of rotatable bonds is 32. The molecule has 6 heteroatoms. The second kappa shape index (κ2) is 25.0. The second-order valence-corrected chi connectivity index (χ2v) is 16.7. The predicted molar refractivity (Wildman–Crippen MR) is 242 cm³/mol. The summed E-state index contributed by atoms with van der Waals surface area (Å²) in [5.41, 5.74) is 0. The van der Waals surface area contributed by atoms with E-state index in [-0.39, 0.29) is 11.5 Å². The lowest BCUT2D eigenvalue weighted by atomic mass is 9.90. The first-order chi connectivity index (χ1) is 28.6. The van der Waals surface area contributed by atoms with E-state index < -0.39 is 0 Å². The average molecular weight is 797 g/mol. The zero-order valence-electron chi connectivity index (χ0n) is 36.8. The molecule has 0 aromatic heterocycles. The van der Waals surface area contributed by atoms with Gasteiger partial charge in [-0.15, -0.1) is 0 Å². The molecule has 0 heterocycles. The first kappa shape index (κ1) is 45.3. The quantitative estimate of drug-likeness (QED) is 0.0422. The molecule has 0 saturated carbocycles. The molecule has 0 atom stereocenters. The fourth-order valence-electron chi connectivity index (χ4n) is 8.62. The molecule has 1 aliphatic carbocycles. The summed E-state index contributed by atoms with van der Waals surface area (Å²) in [5.74, 6) is 3.20. The fourth-order valence-corrected chi connectivity index (χ4v) is 8.62. The van der Waals surface area contributed by atoms with Crippen molar-refractivity contribution in [3.63, 3.8) is 0 Å². The minimum absolute atomic E-state index is 0.175. The van der Waals surface area contributed by atoms with Gasteiger partial charge in [0.2, 0.25) is 0 Å². The Morgan fingerprint density at radius 3 is 0.897 bits per heavy atom. The number of unbranched alkanes of at least 4 members (excludes halogenated alkanes) is 20. The van der Waals surface area contributed by atoms with E-state index in [0.29, 0.717) is 48.7 Å². The standard InChI is InChI=1S/C52H76O6/c1-5-9-13-17-21-25-35-55-49-39-31-29-33-41(53)43(39)51(57-37-27-23-19-15-11-7-3)47-45(49)46-48(47)52(58-38-28-24-20-16-12-8-4)44-40(32-30-34-42(44)54)50(46)56-36-26-22-18-14-10-6-2/h29-34,53-54H,5-28,35-38H2,1-4H3. The van der Waals surface area contributed by atoms with Gasteiger partial charge in [-0.3, -0.25) is 0 Å². The third-order valence-electron chi connectivity index (χ3n) is 11.9. The zero-order chi connectivity index (χ0) is 41.0. The van der Waals surface area contributed by atoms with Crippen molar-refractivity contribution >= 4 is 21.5 Å². The van der Waals surface area contributed by atoms with Gasteiger partial charge in [0.15, 0.2) is 0 Å². The number of aromatic hydroxyl groups is 2. The van der Waals surface area contributed by atoms with Crippen LogP contribution in [0.5, 0.6) is 34.5 Å². The summed E-state index contributed by atoms with van der Waals surface area (Å²) < 4.78 is 27.5. The van der Waals surface area contributed by atoms with E-state index in [1.165, 1.54) is 103 Å². The van der Waals surface area contributed by atoms with Crippen LogP contribution in [0, 0.1) is 20.9 Å². The van der Waals surface area contributed by atoms with Gasteiger partial charge in [-0.25, -0.2) is 0 Å². The number of hydrogen-bond donors (Lipinski definition) is 2. The Hall–Kier alpha value is -3.80. The summed E-state index contributed by atoms with van der Waals surface area (Å²) >= 11 is 0. The van der Waals surface area contributed by atoms with Gasteiger partial charge >= 0.3 is 0 Å². The molecule has 58 heavy (non-hydrogen) atoms. The monoisotopic (exact) mass is 797 g/mol. The Labute approximate surface area is 349 Å². The molecular weight excluding hydrogens is 721 g/mol. The SMILES string of the molecule is CCCCCCCCOc1c2c(c(OCCCCCCCC)c3c(O)cccc13)=c1c(OCCCCCCCC)c3c(O)cccc3c(OCCCCCCCC)c1=2. The summed E-state index contributed by atoms with van der Waals surface area (Å²) in [6.07, 6.45) is 28.0. The van der Waals surface area contributed by atoms with Crippen molar-refractivity contribution in [3.05, 3.63) is 57.3 Å². The number of hydrogen-bond acceptors (Lipinski definition) is 6. The number of phenols is 2. The third-order valence-corrected chi connectivity index (χ3v) is 11.9. The van der Waals surface area contributed by atoms with Crippen LogP contribution in [-0.4, -0.2) is 36.6 Å². The van der Waals surface area contributed by atoms with Gasteiger partial charge in [0.05, 0.1) is 37.2 Å². The van der Waals surface area contributed by atoms with Crippen molar-refractivity contribution in [2.75, 3.05) is 26.4 Å². The van der Waals surface area contributed by atoms with Crippen molar-refractivity contribution < 1.29 is 29.2 Å². The number of fused-ring (bicyclic) bond motifs is 4. The summed E-state index contributed by atoms with van der Waals surface area (Å²) in [6.45, 7) is 11.3. The number of phenolic OH excluding ortho intramolecular Hbond substituents is 2. The van der Waals surface area contributed by atoms with Crippen LogP contribution in [0.4, 0.5) is 0 Å². The summed E-state index contributed by atoms with van der Waals surface area (Å²) in [7, 11) is 0. The third kappa shape index (κ3) is 11.7. The molecule has 0 saturated heterocycles. The van der Waals surface area contributed by atoms with Crippen LogP contribution in [0.2, 0.25) is 0 Å². The maximum atomic E-state index is 11.6. The molecular formula is C52H76O6. The first-order valence-corrected chi connectivity index (χ1v) is 23.7. The highest BCUT2D eigenvalue weighted by atomic mass is 16.5. The van der Waals surface area contributed by atoms with E-state index >= 15 is 0 Å². The molecule has 0 amide bonds. The minimum Gasteiger partial charge on any atom is -0.507 e. The van der Waals surface area contributed by atoms with E-state index in [2.05, 4.69) is 39.8 Å². The van der Waals surface area contributed by atoms with Crippen molar-refractivity contribution in [1.82, 2.24) is 0 Å². The maximum absolute atomic E-state index is 11.6. The lowest BCUT2D eigenvalue weighted by Gasteiger charge is -2.24. The van der Waals surface area contributed by atoms with Crippen LogP contribution < -0.4 is 18.9 Å². The highest BCUT2D eigenvalue weighted by Gasteiger charge is 2.29. The number of benzene rings is 4. The van der Waals surface area contributed by atoms with E-state index in [4.69, 9.17) is 18.9 Å². The van der Waals surface area contributed by atoms with Crippen molar-refractivity contribution in [1.29, 1.82) is 0 Å². The molecule has 0 fully saturated rings. The largest absolute Gasteiger partial charge is 0.507 e. The Kier molecular flexibility index (Phi) is 19.5. The van der Waals surface area contributed by atoms with Gasteiger partial charge < -0.3 is 29.2 Å². The van der Waals surface area contributed by atoms with Crippen LogP contribution in [0.3, 0.4) is 0 Å². The topological polar surface area (TPSA) is 77.4 Å². The van der Waals surface area contributed by atoms with Gasteiger partial charge in [0, 0.05) is 31.6 Å². The van der Waals surface area contributed by atoms with Crippen LogP contribution in [0.15, 0.2) is 36.4 Å². The highest BCUT2D eigenvalue weighted by molar-refractivity contribution is 6.02. The first-order valence-electron chi connectivity index (χ1n) is 23.7. The smallest absolute Gasteiger partial charge is 0.139 e. The van der Waals surface area contributed by atoms with Crippen molar-refractivity contribution in [3.8, 4) is 34.5 Å². The Morgan fingerprint density at radius 1 is 0.328 bits per heavy atom. The Bertz CT molecular complexity index is 1890. The van der Waals surface area contributed by atoms with Crippen molar-refractivity contribution in [2.45, 2.75) is 182 Å². The van der Waals surface area contributed by atoms with E-state index in [9.17, 15) is 10.2 Å². The lowest BCUT2D eigenvalue weighted by Crippen LogP contribution is -2.11. The second-order valence-electron chi connectivity index (χ2n) is 16.7. The van der Waals surface area contributed by atoms with Crippen molar-refractivity contribution in [2.24, 2.45) is 0 Å². The van der Waals surface area contributed by atoms with Gasteiger partial charge in [-0.2, -0.15) is 0 Å². The molecule has 1 aliphatic rings. The van der Waals surface area contributed by atoms with Crippen LogP contribution >= 0.6 is 0 Å². The molecule has 0 spiro atoms. The molecule has 0 radical (unpaired) electrons. The van der Waals surface area contributed by atoms with E-state index in [1.807, 2.05) is 12.1 Å². The Balaban J connectivity index is 1.68. The fraction of sp³-hybridized carbons (Fsp3) is 0.615. The molecule has 0 bridgehead atoms. The maximum Gasteiger partial charge on any atom is 0.139 e. The zero-order valence-corrected chi connectivity index (χ0v) is 36.8. The van der Waals surface area contributed by atoms with Crippen LogP contribution in [0.1, 0.15) is 182 Å². The van der Waals surface area contributed by atoms with E-state index in [1.54, 1.807) is 12.1 Å². The van der Waals surface area contributed by atoms with Gasteiger partial charge in [0.25, 0.3) is 0 Å². The average Bonchev–Trinajstić information content (AvgIpc) is 3.22. The molecule has 0 aliphatic heterocycles. The molecule has 0 unspecified atom stereocenters. The summed E-state index contributed by atoms with van der Waals surface area (Å²) in [4.78, 5) is 0. The predicted octanol–water partition coefficient (Wildman–Crippen LogP) is 15.2. The van der Waals surface area contributed by atoms with Gasteiger partial charge in [-0.1, -0.05) is 180 Å². The molecule has 2 N–H and O–H groups in total. The minimum atomic E-state index is 0.175. The van der Waals surface area contributed by atoms with Crippen LogP contribution in [0.25, 0.3) is 21.5 Å². The molecule has 320 valence electrons. The van der Waals surface area contributed by atoms with Gasteiger partial charge in [-0.05, 0) is 37.8 Å². The summed E-state index contributed by atoms with van der Waals surface area (Å²) in [5, 5.41) is 30.0. The lowest BCUT2D eigenvalue weighted by molar-refractivity contribution is 0.289.